The Morgan fingerprint density at radius 3 is 2.43 bits per heavy atom. The van der Waals surface area contributed by atoms with Gasteiger partial charge in [0.2, 0.25) is 0 Å². The highest BCUT2D eigenvalue weighted by Crippen LogP contribution is 2.31. The summed E-state index contributed by atoms with van der Waals surface area (Å²) in [4.78, 5) is 17.4. The number of nitrogens with zero attached hydrogens (tertiary/aromatic N) is 2. The minimum absolute atomic E-state index is 0.0676. The fourth-order valence-electron chi connectivity index (χ4n) is 3.51. The zero-order valence-corrected chi connectivity index (χ0v) is 16.7. The maximum atomic E-state index is 12.7. The first kappa shape index (κ1) is 18.2. The fraction of sp³-hybridized carbons (Fsp3) is 0.250. The number of carbonyl (C=O) groups excluding carboxylic acids is 1. The zero-order valence-electron chi connectivity index (χ0n) is 16.7. The van der Waals surface area contributed by atoms with E-state index in [-0.39, 0.29) is 5.41 Å². The minimum atomic E-state index is -0.398. The maximum absolute atomic E-state index is 12.7. The van der Waals surface area contributed by atoms with Crippen LogP contribution in [0.15, 0.2) is 60.8 Å². The van der Waals surface area contributed by atoms with Crippen LogP contribution in [0.5, 0.6) is 0 Å². The number of pyridine rings is 1. The Balaban J connectivity index is 1.98. The van der Waals surface area contributed by atoms with Crippen molar-refractivity contribution < 1.29 is 9.53 Å². The van der Waals surface area contributed by atoms with Crippen LogP contribution in [-0.4, -0.2) is 22.0 Å². The van der Waals surface area contributed by atoms with Gasteiger partial charge in [0.05, 0.1) is 12.3 Å². The molecule has 142 valence electrons. The number of fused-ring (bicyclic) bond motifs is 3. The fourth-order valence-corrected chi connectivity index (χ4v) is 3.51. The molecule has 0 saturated heterocycles. The largest absolute Gasteiger partial charge is 0.461 e. The van der Waals surface area contributed by atoms with E-state index in [0.717, 1.165) is 27.7 Å². The second-order valence-electron chi connectivity index (χ2n) is 7.95. The van der Waals surface area contributed by atoms with E-state index in [4.69, 9.17) is 9.72 Å². The summed E-state index contributed by atoms with van der Waals surface area (Å²) in [5.74, 6) is -0.398. The van der Waals surface area contributed by atoms with Crippen LogP contribution in [0.1, 0.15) is 43.7 Å². The standard InChI is InChI=1S/C24H24N2O2/c1-5-28-23(27)20-21(17-10-12-18(13-11-17)24(2,3)4)26-15-14-16-8-6-7-9-19(16)22(26)25-20/h6-15H,5H2,1-4H3. The molecule has 0 aliphatic rings. The molecule has 4 rings (SSSR count). The monoisotopic (exact) mass is 372 g/mol. The predicted octanol–water partition coefficient (Wildman–Crippen LogP) is 5.63. The Kier molecular flexibility index (Phi) is 4.42. The number of benzene rings is 2. The van der Waals surface area contributed by atoms with Crippen LogP contribution in [0.3, 0.4) is 0 Å². The molecule has 0 spiro atoms. The molecule has 0 fully saturated rings. The Morgan fingerprint density at radius 1 is 1.04 bits per heavy atom. The summed E-state index contributed by atoms with van der Waals surface area (Å²) < 4.78 is 7.28. The lowest BCUT2D eigenvalue weighted by Gasteiger charge is -2.19. The Bertz CT molecular complexity index is 1170. The van der Waals surface area contributed by atoms with E-state index in [1.807, 2.05) is 40.9 Å². The van der Waals surface area contributed by atoms with E-state index in [2.05, 4.69) is 45.0 Å². The molecule has 0 N–H and O–H groups in total. The average Bonchev–Trinajstić information content (AvgIpc) is 3.08. The van der Waals surface area contributed by atoms with Gasteiger partial charge in [-0.2, -0.15) is 0 Å². The summed E-state index contributed by atoms with van der Waals surface area (Å²) in [6.07, 6.45) is 1.97. The lowest BCUT2D eigenvalue weighted by Crippen LogP contribution is -2.11. The van der Waals surface area contributed by atoms with Crippen LogP contribution >= 0.6 is 0 Å². The van der Waals surface area contributed by atoms with Gasteiger partial charge in [0.25, 0.3) is 0 Å². The van der Waals surface area contributed by atoms with Crippen molar-refractivity contribution in [3.05, 3.63) is 72.1 Å². The van der Waals surface area contributed by atoms with Crippen molar-refractivity contribution in [2.75, 3.05) is 6.61 Å². The molecule has 0 aliphatic carbocycles. The van der Waals surface area contributed by atoms with E-state index < -0.39 is 5.97 Å². The van der Waals surface area contributed by atoms with Crippen LogP contribution in [0, 0.1) is 0 Å². The van der Waals surface area contributed by atoms with Gasteiger partial charge in [-0.05, 0) is 29.4 Å². The van der Waals surface area contributed by atoms with Crippen molar-refractivity contribution in [2.24, 2.45) is 0 Å². The van der Waals surface area contributed by atoms with Gasteiger partial charge in [0.15, 0.2) is 5.69 Å². The highest BCUT2D eigenvalue weighted by molar-refractivity contribution is 6.01. The number of carbonyl (C=O) groups is 1. The maximum Gasteiger partial charge on any atom is 0.359 e. The summed E-state index contributed by atoms with van der Waals surface area (Å²) in [5.41, 5.74) is 4.13. The molecule has 0 atom stereocenters. The summed E-state index contributed by atoms with van der Waals surface area (Å²) in [6, 6.07) is 18.5. The van der Waals surface area contributed by atoms with Gasteiger partial charge < -0.3 is 4.74 Å². The van der Waals surface area contributed by atoms with Crippen LogP contribution in [-0.2, 0) is 10.2 Å². The van der Waals surface area contributed by atoms with Gasteiger partial charge in [-0.1, -0.05) is 69.3 Å². The Morgan fingerprint density at radius 2 is 1.75 bits per heavy atom. The summed E-state index contributed by atoms with van der Waals surface area (Å²) in [5, 5.41) is 2.10. The Hall–Kier alpha value is -3.14. The van der Waals surface area contributed by atoms with Gasteiger partial charge in [0.1, 0.15) is 5.65 Å². The topological polar surface area (TPSA) is 43.6 Å². The third-order valence-electron chi connectivity index (χ3n) is 5.01. The molecule has 2 aromatic carbocycles. The van der Waals surface area contributed by atoms with Crippen LogP contribution in [0.2, 0.25) is 0 Å². The van der Waals surface area contributed by atoms with E-state index in [0.29, 0.717) is 12.3 Å². The molecule has 4 aromatic rings. The molecule has 2 aromatic heterocycles. The number of imidazole rings is 1. The van der Waals surface area contributed by atoms with E-state index in [1.54, 1.807) is 6.92 Å². The van der Waals surface area contributed by atoms with Gasteiger partial charge >= 0.3 is 5.97 Å². The third kappa shape index (κ3) is 3.05. The summed E-state index contributed by atoms with van der Waals surface area (Å²) in [7, 11) is 0. The Labute approximate surface area is 164 Å². The van der Waals surface area contributed by atoms with Crippen LogP contribution < -0.4 is 0 Å². The van der Waals surface area contributed by atoms with Gasteiger partial charge in [-0.25, -0.2) is 9.78 Å². The van der Waals surface area contributed by atoms with Crippen molar-refractivity contribution >= 4 is 22.4 Å². The average molecular weight is 372 g/mol. The van der Waals surface area contributed by atoms with E-state index in [1.165, 1.54) is 5.56 Å². The number of hydrogen-bond acceptors (Lipinski definition) is 3. The molecule has 0 aliphatic heterocycles. The molecular weight excluding hydrogens is 348 g/mol. The highest BCUT2D eigenvalue weighted by Gasteiger charge is 2.23. The van der Waals surface area contributed by atoms with Crippen molar-refractivity contribution in [2.45, 2.75) is 33.1 Å². The molecule has 0 amide bonds. The van der Waals surface area contributed by atoms with Gasteiger partial charge in [0, 0.05) is 17.1 Å². The molecule has 0 bridgehead atoms. The van der Waals surface area contributed by atoms with Crippen molar-refractivity contribution in [1.29, 1.82) is 0 Å². The first-order chi connectivity index (χ1) is 13.4. The predicted molar refractivity (Wildman–Crippen MR) is 113 cm³/mol. The molecule has 0 saturated carbocycles. The molecular formula is C24H24N2O2. The van der Waals surface area contributed by atoms with Crippen LogP contribution in [0.4, 0.5) is 0 Å². The SMILES string of the molecule is CCOC(=O)c1nc2c3ccccc3ccn2c1-c1ccc(C(C)(C)C)cc1. The third-order valence-corrected chi connectivity index (χ3v) is 5.01. The number of hydrogen-bond donors (Lipinski definition) is 0. The highest BCUT2D eigenvalue weighted by atomic mass is 16.5. The number of rotatable bonds is 3. The zero-order chi connectivity index (χ0) is 19.9. The molecule has 0 radical (unpaired) electrons. The van der Waals surface area contributed by atoms with Gasteiger partial charge in [-0.3, -0.25) is 4.40 Å². The first-order valence-corrected chi connectivity index (χ1v) is 9.58. The number of ether oxygens (including phenoxy) is 1. The van der Waals surface area contributed by atoms with Crippen LogP contribution in [0.25, 0.3) is 27.7 Å². The first-order valence-electron chi connectivity index (χ1n) is 9.58. The van der Waals surface area contributed by atoms with Crippen molar-refractivity contribution in [3.8, 4) is 11.3 Å². The van der Waals surface area contributed by atoms with E-state index >= 15 is 0 Å². The molecule has 4 heteroatoms. The second kappa shape index (κ2) is 6.79. The quantitative estimate of drug-likeness (QED) is 0.438. The second-order valence-corrected chi connectivity index (χ2v) is 7.95. The lowest BCUT2D eigenvalue weighted by atomic mass is 9.86. The normalized spacial score (nSPS) is 11.9. The molecule has 28 heavy (non-hydrogen) atoms. The van der Waals surface area contributed by atoms with E-state index in [9.17, 15) is 4.79 Å². The smallest absolute Gasteiger partial charge is 0.359 e. The number of esters is 1. The number of aromatic nitrogens is 2. The minimum Gasteiger partial charge on any atom is -0.461 e. The molecule has 0 unspecified atom stereocenters. The molecule has 2 heterocycles. The summed E-state index contributed by atoms with van der Waals surface area (Å²) in [6.45, 7) is 8.68. The van der Waals surface area contributed by atoms with Gasteiger partial charge in [-0.15, -0.1) is 0 Å². The molecule has 4 nitrogen and oxygen atoms in total. The summed E-state index contributed by atoms with van der Waals surface area (Å²) >= 11 is 0. The lowest BCUT2D eigenvalue weighted by molar-refractivity contribution is 0.0521. The van der Waals surface area contributed by atoms with Crippen molar-refractivity contribution in [1.82, 2.24) is 9.38 Å². The van der Waals surface area contributed by atoms with Crippen molar-refractivity contribution in [3.63, 3.8) is 0 Å².